The number of hydrogen-bond donors (Lipinski definition) is 0. The first-order valence-corrected chi connectivity index (χ1v) is 7.72. The lowest BCUT2D eigenvalue weighted by molar-refractivity contribution is 0.176. The molecule has 2 unspecified atom stereocenters. The summed E-state index contributed by atoms with van der Waals surface area (Å²) in [5.41, 5.74) is 2.79. The van der Waals surface area contributed by atoms with Gasteiger partial charge in [0.2, 0.25) is 0 Å². The summed E-state index contributed by atoms with van der Waals surface area (Å²) < 4.78 is 0. The molecule has 2 aliphatic heterocycles. The number of benzene rings is 1. The Labute approximate surface area is 117 Å². The summed E-state index contributed by atoms with van der Waals surface area (Å²) in [6.45, 7) is 10.7. The maximum Gasteiger partial charge on any atom is 0.0440 e. The van der Waals surface area contributed by atoms with Crippen molar-refractivity contribution in [1.82, 2.24) is 4.90 Å². The molecule has 0 aromatic heterocycles. The van der Waals surface area contributed by atoms with E-state index in [1.54, 1.807) is 0 Å². The molecule has 0 bridgehead atoms. The average molecular weight is 258 g/mol. The fourth-order valence-electron chi connectivity index (χ4n) is 3.72. The third kappa shape index (κ3) is 2.51. The summed E-state index contributed by atoms with van der Waals surface area (Å²) in [5.74, 6) is 0.710. The predicted molar refractivity (Wildman–Crippen MR) is 81.7 cm³/mol. The SMILES string of the molecule is Cc1cccc(N2CC3CCCN3CC2C(C)C)c1. The van der Waals surface area contributed by atoms with Crippen molar-refractivity contribution in [2.75, 3.05) is 24.5 Å². The van der Waals surface area contributed by atoms with E-state index in [1.807, 2.05) is 0 Å². The number of hydrogen-bond acceptors (Lipinski definition) is 2. The number of rotatable bonds is 2. The van der Waals surface area contributed by atoms with Gasteiger partial charge in [-0.2, -0.15) is 0 Å². The van der Waals surface area contributed by atoms with E-state index in [4.69, 9.17) is 0 Å². The molecule has 104 valence electrons. The molecule has 2 heteroatoms. The molecule has 3 rings (SSSR count). The Morgan fingerprint density at radius 2 is 2.05 bits per heavy atom. The predicted octanol–water partition coefficient (Wildman–Crippen LogP) is 3.30. The minimum absolute atomic E-state index is 0.663. The van der Waals surface area contributed by atoms with Gasteiger partial charge in [-0.1, -0.05) is 26.0 Å². The first-order valence-electron chi connectivity index (χ1n) is 7.72. The number of anilines is 1. The third-order valence-corrected chi connectivity index (χ3v) is 4.83. The van der Waals surface area contributed by atoms with E-state index in [1.165, 1.54) is 43.7 Å². The van der Waals surface area contributed by atoms with Gasteiger partial charge in [0.05, 0.1) is 0 Å². The van der Waals surface area contributed by atoms with Crippen LogP contribution in [0.25, 0.3) is 0 Å². The quantitative estimate of drug-likeness (QED) is 0.803. The van der Waals surface area contributed by atoms with Crippen LogP contribution in [0.3, 0.4) is 0 Å². The van der Waals surface area contributed by atoms with E-state index in [0.29, 0.717) is 12.0 Å². The smallest absolute Gasteiger partial charge is 0.0440 e. The van der Waals surface area contributed by atoms with E-state index < -0.39 is 0 Å². The van der Waals surface area contributed by atoms with Gasteiger partial charge in [-0.15, -0.1) is 0 Å². The van der Waals surface area contributed by atoms with Crippen LogP contribution in [0.5, 0.6) is 0 Å². The second-order valence-electron chi connectivity index (χ2n) is 6.59. The zero-order valence-electron chi connectivity index (χ0n) is 12.5. The summed E-state index contributed by atoms with van der Waals surface area (Å²) in [4.78, 5) is 5.39. The maximum absolute atomic E-state index is 2.72. The van der Waals surface area contributed by atoms with Crippen molar-refractivity contribution >= 4 is 5.69 Å². The second kappa shape index (κ2) is 5.16. The Morgan fingerprint density at radius 1 is 1.21 bits per heavy atom. The lowest BCUT2D eigenvalue weighted by atomic mass is 9.96. The molecule has 2 atom stereocenters. The van der Waals surface area contributed by atoms with Gasteiger partial charge >= 0.3 is 0 Å². The van der Waals surface area contributed by atoms with E-state index in [9.17, 15) is 0 Å². The van der Waals surface area contributed by atoms with Crippen molar-refractivity contribution in [3.8, 4) is 0 Å². The normalized spacial score (nSPS) is 27.9. The fraction of sp³-hybridized carbons (Fsp3) is 0.647. The van der Waals surface area contributed by atoms with Crippen molar-refractivity contribution in [3.05, 3.63) is 29.8 Å². The first kappa shape index (κ1) is 13.0. The minimum Gasteiger partial charge on any atom is -0.365 e. The van der Waals surface area contributed by atoms with Crippen LogP contribution in [0, 0.1) is 12.8 Å². The fourth-order valence-corrected chi connectivity index (χ4v) is 3.72. The second-order valence-corrected chi connectivity index (χ2v) is 6.59. The topological polar surface area (TPSA) is 6.48 Å². The molecule has 0 amide bonds. The zero-order valence-corrected chi connectivity index (χ0v) is 12.5. The zero-order chi connectivity index (χ0) is 13.4. The molecule has 19 heavy (non-hydrogen) atoms. The summed E-state index contributed by atoms with van der Waals surface area (Å²) in [6, 6.07) is 10.5. The Hall–Kier alpha value is -1.02. The van der Waals surface area contributed by atoms with Gasteiger partial charge in [0, 0.05) is 30.9 Å². The van der Waals surface area contributed by atoms with E-state index in [0.717, 1.165) is 6.04 Å². The van der Waals surface area contributed by atoms with Crippen LogP contribution in [-0.4, -0.2) is 36.6 Å². The van der Waals surface area contributed by atoms with Crippen molar-refractivity contribution in [2.24, 2.45) is 5.92 Å². The molecular weight excluding hydrogens is 232 g/mol. The van der Waals surface area contributed by atoms with Crippen molar-refractivity contribution in [1.29, 1.82) is 0 Å². The molecule has 2 saturated heterocycles. The number of nitrogens with zero attached hydrogens (tertiary/aromatic N) is 2. The van der Waals surface area contributed by atoms with Gasteiger partial charge in [-0.25, -0.2) is 0 Å². The van der Waals surface area contributed by atoms with Gasteiger partial charge in [0.15, 0.2) is 0 Å². The lowest BCUT2D eigenvalue weighted by Gasteiger charge is -2.47. The first-order chi connectivity index (χ1) is 9.15. The summed E-state index contributed by atoms with van der Waals surface area (Å²) >= 11 is 0. The van der Waals surface area contributed by atoms with Crippen LogP contribution in [0.4, 0.5) is 5.69 Å². The molecule has 1 aromatic rings. The molecule has 0 saturated carbocycles. The summed E-state index contributed by atoms with van der Waals surface area (Å²) in [5, 5.41) is 0. The molecular formula is C17H26N2. The van der Waals surface area contributed by atoms with Crippen LogP contribution in [-0.2, 0) is 0 Å². The molecule has 2 aliphatic rings. The van der Waals surface area contributed by atoms with E-state index in [2.05, 4.69) is 54.8 Å². The lowest BCUT2D eigenvalue weighted by Crippen LogP contribution is -2.58. The minimum atomic E-state index is 0.663. The summed E-state index contributed by atoms with van der Waals surface area (Å²) in [6.07, 6.45) is 2.77. The molecule has 2 fully saturated rings. The van der Waals surface area contributed by atoms with Crippen molar-refractivity contribution in [2.45, 2.75) is 45.7 Å². The standard InChI is InChI=1S/C17H26N2/c1-13(2)17-12-18-9-5-8-16(18)11-19(17)15-7-4-6-14(3)10-15/h4,6-7,10,13,16-17H,5,8-9,11-12H2,1-3H3. The van der Waals surface area contributed by atoms with Crippen LogP contribution in [0.2, 0.25) is 0 Å². The number of piperazine rings is 1. The Bertz CT molecular complexity index is 441. The molecule has 0 N–H and O–H groups in total. The Balaban J connectivity index is 1.88. The molecule has 2 nitrogen and oxygen atoms in total. The highest BCUT2D eigenvalue weighted by Crippen LogP contribution is 2.31. The van der Waals surface area contributed by atoms with Gasteiger partial charge < -0.3 is 4.90 Å². The van der Waals surface area contributed by atoms with E-state index in [-0.39, 0.29) is 0 Å². The monoisotopic (exact) mass is 258 g/mol. The van der Waals surface area contributed by atoms with Crippen molar-refractivity contribution in [3.63, 3.8) is 0 Å². The third-order valence-electron chi connectivity index (χ3n) is 4.83. The van der Waals surface area contributed by atoms with Crippen LogP contribution < -0.4 is 4.90 Å². The summed E-state index contributed by atoms with van der Waals surface area (Å²) in [7, 11) is 0. The van der Waals surface area contributed by atoms with Crippen LogP contribution in [0.1, 0.15) is 32.3 Å². The highest BCUT2D eigenvalue weighted by Gasteiger charge is 2.37. The number of fused-ring (bicyclic) bond motifs is 1. The van der Waals surface area contributed by atoms with Crippen molar-refractivity contribution < 1.29 is 0 Å². The maximum atomic E-state index is 2.72. The van der Waals surface area contributed by atoms with E-state index >= 15 is 0 Å². The van der Waals surface area contributed by atoms with Gasteiger partial charge in [0.25, 0.3) is 0 Å². The molecule has 0 radical (unpaired) electrons. The number of aryl methyl sites for hydroxylation is 1. The van der Waals surface area contributed by atoms with Gasteiger partial charge in [0.1, 0.15) is 0 Å². The van der Waals surface area contributed by atoms with Gasteiger partial charge in [-0.3, -0.25) is 4.90 Å². The average Bonchev–Trinajstić information content (AvgIpc) is 2.84. The molecule has 1 aromatic carbocycles. The highest BCUT2D eigenvalue weighted by atomic mass is 15.3. The molecule has 0 aliphatic carbocycles. The molecule has 2 heterocycles. The van der Waals surface area contributed by atoms with Crippen LogP contribution in [0.15, 0.2) is 24.3 Å². The molecule has 0 spiro atoms. The Morgan fingerprint density at radius 3 is 2.79 bits per heavy atom. The van der Waals surface area contributed by atoms with Gasteiger partial charge in [-0.05, 0) is 49.9 Å². The highest BCUT2D eigenvalue weighted by molar-refractivity contribution is 5.50. The Kier molecular flexibility index (Phi) is 3.53. The van der Waals surface area contributed by atoms with Crippen LogP contribution >= 0.6 is 0 Å². The largest absolute Gasteiger partial charge is 0.365 e.